The van der Waals surface area contributed by atoms with E-state index in [4.69, 9.17) is 5.11 Å². The van der Waals surface area contributed by atoms with Crippen LogP contribution in [0.5, 0.6) is 0 Å². The Hall–Kier alpha value is -0.120. The maximum Gasteiger partial charge on any atom is 0.0446 e. The number of likely N-dealkylation sites (N-methyl/N-ethyl adjacent to an activating group) is 1. The summed E-state index contributed by atoms with van der Waals surface area (Å²) < 4.78 is 0. The molecule has 1 aliphatic heterocycles. The van der Waals surface area contributed by atoms with Crippen LogP contribution < -0.4 is 0 Å². The van der Waals surface area contributed by atoms with E-state index in [0.29, 0.717) is 12.6 Å². The van der Waals surface area contributed by atoms with Crippen LogP contribution >= 0.6 is 0 Å². The van der Waals surface area contributed by atoms with Crippen LogP contribution in [0.3, 0.4) is 0 Å². The fourth-order valence-corrected chi connectivity index (χ4v) is 2.24. The third kappa shape index (κ3) is 3.56. The molecule has 0 radical (unpaired) electrons. The van der Waals surface area contributed by atoms with Crippen LogP contribution in [0.2, 0.25) is 0 Å². The average molecular weight is 200 g/mol. The van der Waals surface area contributed by atoms with Crippen molar-refractivity contribution in [3.63, 3.8) is 0 Å². The number of hydrogen-bond donors (Lipinski definition) is 1. The second-order valence-electron chi connectivity index (χ2n) is 4.30. The molecule has 3 nitrogen and oxygen atoms in total. The van der Waals surface area contributed by atoms with Gasteiger partial charge >= 0.3 is 0 Å². The molecule has 0 aromatic carbocycles. The zero-order valence-corrected chi connectivity index (χ0v) is 9.58. The number of aliphatic hydroxyl groups is 1. The summed E-state index contributed by atoms with van der Waals surface area (Å²) in [5.41, 5.74) is 0. The minimum Gasteiger partial charge on any atom is -0.396 e. The Balaban J connectivity index is 2.44. The largest absolute Gasteiger partial charge is 0.396 e. The summed E-state index contributed by atoms with van der Waals surface area (Å²) in [4.78, 5) is 4.93. The molecule has 14 heavy (non-hydrogen) atoms. The van der Waals surface area contributed by atoms with Crippen LogP contribution in [-0.4, -0.2) is 60.8 Å². The zero-order chi connectivity index (χ0) is 10.4. The van der Waals surface area contributed by atoms with E-state index in [1.807, 2.05) is 0 Å². The van der Waals surface area contributed by atoms with Crippen molar-refractivity contribution < 1.29 is 5.11 Å². The highest BCUT2D eigenvalue weighted by Gasteiger charge is 2.20. The van der Waals surface area contributed by atoms with E-state index in [1.165, 1.54) is 32.5 Å². The SMILES string of the molecule is CCCN1CCCN(C)C(CCO)C1. The molecule has 1 saturated heterocycles. The molecule has 0 aromatic heterocycles. The first kappa shape index (κ1) is 12.0. The van der Waals surface area contributed by atoms with E-state index in [1.54, 1.807) is 0 Å². The maximum absolute atomic E-state index is 9.00. The van der Waals surface area contributed by atoms with Crippen molar-refractivity contribution in [2.75, 3.05) is 39.8 Å². The lowest BCUT2D eigenvalue weighted by Crippen LogP contribution is -2.39. The van der Waals surface area contributed by atoms with Crippen LogP contribution in [0, 0.1) is 0 Å². The second kappa shape index (κ2) is 6.38. The van der Waals surface area contributed by atoms with Gasteiger partial charge in [0.25, 0.3) is 0 Å². The third-order valence-electron chi connectivity index (χ3n) is 3.08. The van der Waals surface area contributed by atoms with E-state index in [0.717, 1.165) is 13.0 Å². The molecule has 0 aromatic rings. The predicted octanol–water partition coefficient (Wildman–Crippen LogP) is 0.785. The summed E-state index contributed by atoms with van der Waals surface area (Å²) in [7, 11) is 2.18. The molecule has 1 aliphatic rings. The highest BCUT2D eigenvalue weighted by atomic mass is 16.3. The molecule has 0 aliphatic carbocycles. The monoisotopic (exact) mass is 200 g/mol. The van der Waals surface area contributed by atoms with Crippen LogP contribution in [0.4, 0.5) is 0 Å². The second-order valence-corrected chi connectivity index (χ2v) is 4.30. The molecule has 1 N–H and O–H groups in total. The predicted molar refractivity (Wildman–Crippen MR) is 59.5 cm³/mol. The van der Waals surface area contributed by atoms with Gasteiger partial charge in [0.05, 0.1) is 0 Å². The molecule has 1 fully saturated rings. The number of hydrogen-bond acceptors (Lipinski definition) is 3. The summed E-state index contributed by atoms with van der Waals surface area (Å²) in [6.07, 6.45) is 3.41. The Morgan fingerprint density at radius 2 is 2.14 bits per heavy atom. The summed E-state index contributed by atoms with van der Waals surface area (Å²) in [6.45, 7) is 7.27. The van der Waals surface area contributed by atoms with Gasteiger partial charge in [0, 0.05) is 19.2 Å². The normalized spacial score (nSPS) is 26.4. The van der Waals surface area contributed by atoms with Gasteiger partial charge in [0.15, 0.2) is 0 Å². The summed E-state index contributed by atoms with van der Waals surface area (Å²) in [5, 5.41) is 9.00. The van der Waals surface area contributed by atoms with Crippen LogP contribution in [-0.2, 0) is 0 Å². The Labute approximate surface area is 87.7 Å². The molecule has 0 amide bonds. The minimum atomic E-state index is 0.314. The Kier molecular flexibility index (Phi) is 5.45. The molecule has 1 atom stereocenters. The third-order valence-corrected chi connectivity index (χ3v) is 3.08. The van der Waals surface area contributed by atoms with Gasteiger partial charge < -0.3 is 14.9 Å². The topological polar surface area (TPSA) is 26.7 Å². The lowest BCUT2D eigenvalue weighted by atomic mass is 10.2. The lowest BCUT2D eigenvalue weighted by molar-refractivity contribution is 0.165. The lowest BCUT2D eigenvalue weighted by Gasteiger charge is -2.28. The summed E-state index contributed by atoms with van der Waals surface area (Å²) in [5.74, 6) is 0. The fourth-order valence-electron chi connectivity index (χ4n) is 2.24. The quantitative estimate of drug-likeness (QED) is 0.726. The average Bonchev–Trinajstić information content (AvgIpc) is 2.31. The first-order valence-corrected chi connectivity index (χ1v) is 5.81. The number of rotatable bonds is 4. The molecule has 0 saturated carbocycles. The zero-order valence-electron chi connectivity index (χ0n) is 9.58. The van der Waals surface area contributed by atoms with Crippen molar-refractivity contribution in [3.8, 4) is 0 Å². The maximum atomic E-state index is 9.00. The minimum absolute atomic E-state index is 0.314. The molecule has 1 heterocycles. The number of aliphatic hydroxyl groups excluding tert-OH is 1. The molecule has 1 unspecified atom stereocenters. The van der Waals surface area contributed by atoms with Crippen molar-refractivity contribution in [3.05, 3.63) is 0 Å². The van der Waals surface area contributed by atoms with E-state index in [9.17, 15) is 0 Å². The Morgan fingerprint density at radius 3 is 2.79 bits per heavy atom. The van der Waals surface area contributed by atoms with Gasteiger partial charge in [-0.2, -0.15) is 0 Å². The van der Waals surface area contributed by atoms with Gasteiger partial charge in [-0.05, 0) is 45.9 Å². The van der Waals surface area contributed by atoms with Crippen molar-refractivity contribution in [2.45, 2.75) is 32.2 Å². The van der Waals surface area contributed by atoms with Crippen molar-refractivity contribution >= 4 is 0 Å². The molecular formula is C11H24N2O. The van der Waals surface area contributed by atoms with Crippen LogP contribution in [0.15, 0.2) is 0 Å². The smallest absolute Gasteiger partial charge is 0.0446 e. The van der Waals surface area contributed by atoms with Crippen molar-refractivity contribution in [1.29, 1.82) is 0 Å². The highest BCUT2D eigenvalue weighted by molar-refractivity contribution is 4.77. The first-order valence-electron chi connectivity index (χ1n) is 5.81. The molecule has 0 spiro atoms. The fraction of sp³-hybridized carbons (Fsp3) is 1.00. The van der Waals surface area contributed by atoms with Gasteiger partial charge in [0.2, 0.25) is 0 Å². The summed E-state index contributed by atoms with van der Waals surface area (Å²) >= 11 is 0. The van der Waals surface area contributed by atoms with E-state index in [-0.39, 0.29) is 0 Å². The molecule has 3 heteroatoms. The standard InChI is InChI=1S/C11H24N2O/c1-3-6-13-8-4-7-12(2)11(10-13)5-9-14/h11,14H,3-10H2,1-2H3. The van der Waals surface area contributed by atoms with E-state index < -0.39 is 0 Å². The number of nitrogens with zero attached hydrogens (tertiary/aromatic N) is 2. The van der Waals surface area contributed by atoms with Crippen LogP contribution in [0.1, 0.15) is 26.2 Å². The van der Waals surface area contributed by atoms with Gasteiger partial charge in [-0.25, -0.2) is 0 Å². The van der Waals surface area contributed by atoms with Crippen LogP contribution in [0.25, 0.3) is 0 Å². The molecular weight excluding hydrogens is 176 g/mol. The van der Waals surface area contributed by atoms with Gasteiger partial charge in [-0.1, -0.05) is 6.92 Å². The van der Waals surface area contributed by atoms with E-state index in [2.05, 4.69) is 23.8 Å². The molecule has 0 bridgehead atoms. The van der Waals surface area contributed by atoms with E-state index >= 15 is 0 Å². The molecule has 1 rings (SSSR count). The summed E-state index contributed by atoms with van der Waals surface area (Å²) in [6, 6.07) is 0.550. The molecule has 84 valence electrons. The van der Waals surface area contributed by atoms with Gasteiger partial charge in [0.1, 0.15) is 0 Å². The van der Waals surface area contributed by atoms with Gasteiger partial charge in [-0.3, -0.25) is 0 Å². The highest BCUT2D eigenvalue weighted by Crippen LogP contribution is 2.11. The van der Waals surface area contributed by atoms with Crippen molar-refractivity contribution in [2.24, 2.45) is 0 Å². The van der Waals surface area contributed by atoms with Gasteiger partial charge in [-0.15, -0.1) is 0 Å². The van der Waals surface area contributed by atoms with Crippen molar-refractivity contribution in [1.82, 2.24) is 9.80 Å². The first-order chi connectivity index (χ1) is 6.77. The Bertz CT molecular complexity index is 152. The Morgan fingerprint density at radius 1 is 1.36 bits per heavy atom.